The summed E-state index contributed by atoms with van der Waals surface area (Å²) in [6.45, 7) is 0. The molecule has 1 nitrogen and oxygen atoms in total. The van der Waals surface area contributed by atoms with E-state index in [9.17, 15) is 4.79 Å². The van der Waals surface area contributed by atoms with Crippen molar-refractivity contribution in [1.82, 2.24) is 0 Å². The lowest BCUT2D eigenvalue weighted by Gasteiger charge is -1.98. The summed E-state index contributed by atoms with van der Waals surface area (Å²) in [4.78, 5) is 11.8. The fourth-order valence-corrected chi connectivity index (χ4v) is 2.02. The van der Waals surface area contributed by atoms with Gasteiger partial charge in [0.05, 0.1) is 0 Å². The Morgan fingerprint density at radius 3 is 2.71 bits per heavy atom. The van der Waals surface area contributed by atoms with E-state index in [0.29, 0.717) is 10.6 Å². The second kappa shape index (κ2) is 3.95. The van der Waals surface area contributed by atoms with E-state index in [4.69, 9.17) is 11.6 Å². The van der Waals surface area contributed by atoms with Gasteiger partial charge in [-0.2, -0.15) is 11.3 Å². The quantitative estimate of drug-likeness (QED) is 0.710. The largest absolute Gasteiger partial charge is 0.289 e. The van der Waals surface area contributed by atoms with Crippen LogP contribution in [-0.2, 0) is 0 Å². The predicted molar refractivity (Wildman–Crippen MR) is 59.2 cm³/mol. The Kier molecular flexibility index (Phi) is 2.66. The zero-order valence-corrected chi connectivity index (χ0v) is 8.81. The van der Waals surface area contributed by atoms with E-state index in [0.717, 1.165) is 5.56 Å². The summed E-state index contributed by atoms with van der Waals surface area (Å²) >= 11 is 7.31. The van der Waals surface area contributed by atoms with Crippen LogP contribution < -0.4 is 0 Å². The molecule has 0 aliphatic rings. The van der Waals surface area contributed by atoms with E-state index in [1.54, 1.807) is 24.3 Å². The first-order valence-electron chi connectivity index (χ1n) is 4.10. The number of hydrogen-bond acceptors (Lipinski definition) is 2. The van der Waals surface area contributed by atoms with Crippen LogP contribution in [0.5, 0.6) is 0 Å². The highest BCUT2D eigenvalue weighted by molar-refractivity contribution is 7.08. The third-order valence-corrected chi connectivity index (χ3v) is 2.79. The Bertz CT molecular complexity index is 448. The van der Waals surface area contributed by atoms with E-state index in [2.05, 4.69) is 0 Å². The molecule has 0 spiro atoms. The van der Waals surface area contributed by atoms with Crippen molar-refractivity contribution in [3.05, 3.63) is 57.2 Å². The first kappa shape index (κ1) is 9.44. The third kappa shape index (κ3) is 1.86. The van der Waals surface area contributed by atoms with Gasteiger partial charge in [-0.3, -0.25) is 4.79 Å². The molecule has 0 amide bonds. The molecule has 0 bridgehead atoms. The molecule has 0 saturated heterocycles. The standard InChI is InChI=1S/C11H7ClOS/c12-10-3-1-2-8(6-10)11(13)9-4-5-14-7-9/h1-7H. The van der Waals surface area contributed by atoms with Crippen molar-refractivity contribution in [1.29, 1.82) is 0 Å². The molecule has 2 aromatic rings. The van der Waals surface area contributed by atoms with E-state index < -0.39 is 0 Å². The summed E-state index contributed by atoms with van der Waals surface area (Å²) in [6.07, 6.45) is 0. The van der Waals surface area contributed by atoms with Gasteiger partial charge in [0.15, 0.2) is 5.78 Å². The van der Waals surface area contributed by atoms with Crippen LogP contribution in [0.15, 0.2) is 41.1 Å². The summed E-state index contributed by atoms with van der Waals surface area (Å²) in [6, 6.07) is 8.80. The molecule has 1 aromatic heterocycles. The Morgan fingerprint density at radius 2 is 2.07 bits per heavy atom. The van der Waals surface area contributed by atoms with Gasteiger partial charge in [-0.1, -0.05) is 23.7 Å². The fraction of sp³-hybridized carbons (Fsp3) is 0. The lowest BCUT2D eigenvalue weighted by molar-refractivity contribution is 0.103. The molecule has 0 aliphatic carbocycles. The lowest BCUT2D eigenvalue weighted by atomic mass is 10.1. The van der Waals surface area contributed by atoms with E-state index in [1.165, 1.54) is 11.3 Å². The van der Waals surface area contributed by atoms with Crippen LogP contribution in [0.3, 0.4) is 0 Å². The molecule has 0 aliphatic heterocycles. The average Bonchev–Trinajstić information content (AvgIpc) is 2.69. The first-order chi connectivity index (χ1) is 6.77. The molecule has 3 heteroatoms. The van der Waals surface area contributed by atoms with Gasteiger partial charge in [-0.15, -0.1) is 0 Å². The second-order valence-electron chi connectivity index (χ2n) is 2.85. The minimum atomic E-state index is 0.0220. The molecule has 0 atom stereocenters. The molecule has 2 rings (SSSR count). The van der Waals surface area contributed by atoms with Gasteiger partial charge >= 0.3 is 0 Å². The highest BCUT2D eigenvalue weighted by Crippen LogP contribution is 2.16. The monoisotopic (exact) mass is 222 g/mol. The molecule has 0 saturated carbocycles. The molecule has 0 radical (unpaired) electrons. The number of carbonyl (C=O) groups excluding carboxylic acids is 1. The average molecular weight is 223 g/mol. The topological polar surface area (TPSA) is 17.1 Å². The third-order valence-electron chi connectivity index (χ3n) is 1.87. The molecule has 1 heterocycles. The van der Waals surface area contributed by atoms with Crippen molar-refractivity contribution in [3.8, 4) is 0 Å². The zero-order chi connectivity index (χ0) is 9.97. The van der Waals surface area contributed by atoms with Crippen molar-refractivity contribution < 1.29 is 4.79 Å². The fourth-order valence-electron chi connectivity index (χ4n) is 1.19. The summed E-state index contributed by atoms with van der Waals surface area (Å²) in [7, 11) is 0. The number of ketones is 1. The van der Waals surface area contributed by atoms with Crippen LogP contribution >= 0.6 is 22.9 Å². The maximum Gasteiger partial charge on any atom is 0.193 e. The van der Waals surface area contributed by atoms with Crippen molar-refractivity contribution in [2.45, 2.75) is 0 Å². The van der Waals surface area contributed by atoms with Crippen molar-refractivity contribution >= 4 is 28.7 Å². The Balaban J connectivity index is 2.37. The molecule has 70 valence electrons. The smallest absolute Gasteiger partial charge is 0.193 e. The van der Waals surface area contributed by atoms with Crippen LogP contribution in [0.2, 0.25) is 5.02 Å². The number of hydrogen-bond donors (Lipinski definition) is 0. The van der Waals surface area contributed by atoms with Gasteiger partial charge in [0, 0.05) is 21.5 Å². The molecular weight excluding hydrogens is 216 g/mol. The molecule has 1 aromatic carbocycles. The maximum atomic E-state index is 11.8. The van der Waals surface area contributed by atoms with Gasteiger partial charge < -0.3 is 0 Å². The van der Waals surface area contributed by atoms with Crippen molar-refractivity contribution in [2.24, 2.45) is 0 Å². The zero-order valence-electron chi connectivity index (χ0n) is 7.24. The Hall–Kier alpha value is -1.12. The van der Waals surface area contributed by atoms with Gasteiger partial charge in [-0.05, 0) is 23.6 Å². The summed E-state index contributed by atoms with van der Waals surface area (Å²) in [5.74, 6) is 0.0220. The summed E-state index contributed by atoms with van der Waals surface area (Å²) in [5.41, 5.74) is 1.35. The Labute approximate surface area is 91.0 Å². The minimum absolute atomic E-state index is 0.0220. The number of rotatable bonds is 2. The lowest BCUT2D eigenvalue weighted by Crippen LogP contribution is -1.98. The van der Waals surface area contributed by atoms with E-state index >= 15 is 0 Å². The van der Waals surface area contributed by atoms with Gasteiger partial charge in [0.2, 0.25) is 0 Å². The van der Waals surface area contributed by atoms with Crippen molar-refractivity contribution in [3.63, 3.8) is 0 Å². The number of carbonyl (C=O) groups is 1. The highest BCUT2D eigenvalue weighted by atomic mass is 35.5. The number of halogens is 1. The van der Waals surface area contributed by atoms with Crippen molar-refractivity contribution in [2.75, 3.05) is 0 Å². The predicted octanol–water partition coefficient (Wildman–Crippen LogP) is 3.63. The summed E-state index contributed by atoms with van der Waals surface area (Å²) in [5, 5.41) is 4.31. The number of thiophene rings is 1. The van der Waals surface area contributed by atoms with Crippen LogP contribution in [0.25, 0.3) is 0 Å². The molecule has 0 unspecified atom stereocenters. The van der Waals surface area contributed by atoms with Gasteiger partial charge in [0.25, 0.3) is 0 Å². The Morgan fingerprint density at radius 1 is 1.21 bits per heavy atom. The maximum absolute atomic E-state index is 11.8. The minimum Gasteiger partial charge on any atom is -0.289 e. The molecule has 0 N–H and O–H groups in total. The summed E-state index contributed by atoms with van der Waals surface area (Å²) < 4.78 is 0. The van der Waals surface area contributed by atoms with Gasteiger partial charge in [-0.25, -0.2) is 0 Å². The number of benzene rings is 1. The molecule has 0 fully saturated rings. The van der Waals surface area contributed by atoms with E-state index in [-0.39, 0.29) is 5.78 Å². The first-order valence-corrected chi connectivity index (χ1v) is 5.42. The van der Waals surface area contributed by atoms with E-state index in [1.807, 2.05) is 16.8 Å². The van der Waals surface area contributed by atoms with Crippen LogP contribution in [0.4, 0.5) is 0 Å². The normalized spacial score (nSPS) is 10.1. The SMILES string of the molecule is O=C(c1ccsc1)c1cccc(Cl)c1. The second-order valence-corrected chi connectivity index (χ2v) is 4.07. The van der Waals surface area contributed by atoms with Crippen LogP contribution in [-0.4, -0.2) is 5.78 Å². The van der Waals surface area contributed by atoms with Crippen LogP contribution in [0.1, 0.15) is 15.9 Å². The van der Waals surface area contributed by atoms with Crippen LogP contribution in [0, 0.1) is 0 Å². The molecular formula is C11H7ClOS. The van der Waals surface area contributed by atoms with Gasteiger partial charge in [0.1, 0.15) is 0 Å². The highest BCUT2D eigenvalue weighted by Gasteiger charge is 2.08. The molecule has 14 heavy (non-hydrogen) atoms.